The predicted molar refractivity (Wildman–Crippen MR) is 68.6 cm³/mol. The smallest absolute Gasteiger partial charge is 0.166 e. The van der Waals surface area contributed by atoms with Crippen molar-refractivity contribution in [2.24, 2.45) is 5.92 Å². The van der Waals surface area contributed by atoms with Crippen LogP contribution in [0.5, 0.6) is 0 Å². The van der Waals surface area contributed by atoms with E-state index in [1.54, 1.807) is 12.3 Å². The van der Waals surface area contributed by atoms with E-state index >= 15 is 0 Å². The summed E-state index contributed by atoms with van der Waals surface area (Å²) < 4.78 is 10.3. The van der Waals surface area contributed by atoms with Crippen LogP contribution in [0.2, 0.25) is 0 Å². The highest BCUT2D eigenvalue weighted by Crippen LogP contribution is 2.17. The van der Waals surface area contributed by atoms with E-state index in [4.69, 9.17) is 8.83 Å². The normalized spacial score (nSPS) is 12.6. The van der Waals surface area contributed by atoms with E-state index in [9.17, 15) is 4.79 Å². The Hall–Kier alpha value is -1.77. The molecule has 0 saturated heterocycles. The summed E-state index contributed by atoms with van der Waals surface area (Å²) in [5.41, 5.74) is 1.81. The Bertz CT molecular complexity index is 494. The van der Waals surface area contributed by atoms with Crippen molar-refractivity contribution in [3.05, 3.63) is 47.8 Å². The van der Waals surface area contributed by atoms with Gasteiger partial charge in [-0.15, -0.1) is 0 Å². The van der Waals surface area contributed by atoms with Gasteiger partial charge in [0, 0.05) is 12.8 Å². The SMILES string of the molecule is Cc1coc(CC(C)CCC(=O)c2ccoc2)c1. The average molecular weight is 246 g/mol. The van der Waals surface area contributed by atoms with Crippen LogP contribution in [-0.2, 0) is 6.42 Å². The highest BCUT2D eigenvalue weighted by Gasteiger charge is 2.11. The van der Waals surface area contributed by atoms with Crippen molar-refractivity contribution in [3.63, 3.8) is 0 Å². The molecule has 0 amide bonds. The van der Waals surface area contributed by atoms with Gasteiger partial charge < -0.3 is 8.83 Å². The van der Waals surface area contributed by atoms with Crippen LogP contribution >= 0.6 is 0 Å². The van der Waals surface area contributed by atoms with Gasteiger partial charge in [-0.05, 0) is 37.0 Å². The van der Waals surface area contributed by atoms with Crippen LogP contribution in [0.3, 0.4) is 0 Å². The molecule has 96 valence electrons. The van der Waals surface area contributed by atoms with E-state index in [2.05, 4.69) is 6.92 Å². The highest BCUT2D eigenvalue weighted by atomic mass is 16.3. The first-order valence-electron chi connectivity index (χ1n) is 6.24. The fourth-order valence-electron chi connectivity index (χ4n) is 1.99. The Balaban J connectivity index is 1.78. The lowest BCUT2D eigenvalue weighted by Crippen LogP contribution is -2.04. The van der Waals surface area contributed by atoms with Crippen molar-refractivity contribution in [1.29, 1.82) is 0 Å². The van der Waals surface area contributed by atoms with Crippen LogP contribution in [0.15, 0.2) is 39.8 Å². The summed E-state index contributed by atoms with van der Waals surface area (Å²) in [7, 11) is 0. The number of hydrogen-bond donors (Lipinski definition) is 0. The van der Waals surface area contributed by atoms with Crippen molar-refractivity contribution >= 4 is 5.78 Å². The van der Waals surface area contributed by atoms with Gasteiger partial charge in [0.1, 0.15) is 12.0 Å². The quantitative estimate of drug-likeness (QED) is 0.723. The van der Waals surface area contributed by atoms with Gasteiger partial charge in [-0.2, -0.15) is 0 Å². The molecule has 0 saturated carbocycles. The monoisotopic (exact) mass is 246 g/mol. The van der Waals surface area contributed by atoms with Gasteiger partial charge in [-0.3, -0.25) is 4.79 Å². The summed E-state index contributed by atoms with van der Waals surface area (Å²) in [6, 6.07) is 3.76. The Labute approximate surface area is 107 Å². The molecule has 3 heteroatoms. The molecule has 2 aromatic heterocycles. The zero-order valence-corrected chi connectivity index (χ0v) is 10.8. The van der Waals surface area contributed by atoms with E-state index < -0.39 is 0 Å². The largest absolute Gasteiger partial charge is 0.472 e. The number of Topliss-reactive ketones (excluding diaryl/α,β-unsaturated/α-hetero) is 1. The third-order valence-corrected chi connectivity index (χ3v) is 3.04. The van der Waals surface area contributed by atoms with Crippen LogP contribution in [-0.4, -0.2) is 5.78 Å². The summed E-state index contributed by atoms with van der Waals surface area (Å²) in [6.45, 7) is 4.15. The molecule has 1 atom stereocenters. The van der Waals surface area contributed by atoms with Gasteiger partial charge in [0.2, 0.25) is 0 Å². The Kier molecular flexibility index (Phi) is 4.03. The van der Waals surface area contributed by atoms with Crippen LogP contribution in [0.1, 0.15) is 41.4 Å². The van der Waals surface area contributed by atoms with E-state index in [1.165, 1.54) is 12.5 Å². The van der Waals surface area contributed by atoms with Gasteiger partial charge in [0.15, 0.2) is 5.78 Å². The van der Waals surface area contributed by atoms with Crippen molar-refractivity contribution < 1.29 is 13.6 Å². The van der Waals surface area contributed by atoms with Crippen molar-refractivity contribution in [1.82, 2.24) is 0 Å². The fraction of sp³-hybridized carbons (Fsp3) is 0.400. The first kappa shape index (κ1) is 12.7. The molecule has 0 aromatic carbocycles. The minimum absolute atomic E-state index is 0.145. The van der Waals surface area contributed by atoms with Crippen molar-refractivity contribution in [2.45, 2.75) is 33.1 Å². The molecule has 2 aromatic rings. The predicted octanol–water partition coefficient (Wildman–Crippen LogP) is 4.02. The Morgan fingerprint density at radius 1 is 1.39 bits per heavy atom. The minimum Gasteiger partial charge on any atom is -0.472 e. The third-order valence-electron chi connectivity index (χ3n) is 3.04. The molecule has 0 N–H and O–H groups in total. The number of carbonyl (C=O) groups excluding carboxylic acids is 1. The van der Waals surface area contributed by atoms with Crippen LogP contribution in [0.4, 0.5) is 0 Å². The number of furan rings is 2. The number of aryl methyl sites for hydroxylation is 1. The highest BCUT2D eigenvalue weighted by molar-refractivity contribution is 5.95. The number of hydrogen-bond acceptors (Lipinski definition) is 3. The topological polar surface area (TPSA) is 43.4 Å². The molecule has 0 aliphatic carbocycles. The molecule has 0 aliphatic heterocycles. The standard InChI is InChI=1S/C15H18O3/c1-11(7-14-8-12(2)9-18-14)3-4-15(16)13-5-6-17-10-13/h5-6,8-11H,3-4,7H2,1-2H3. The summed E-state index contributed by atoms with van der Waals surface area (Å²) in [4.78, 5) is 11.8. The summed E-state index contributed by atoms with van der Waals surface area (Å²) in [5.74, 6) is 1.58. The second kappa shape index (κ2) is 5.71. The summed E-state index contributed by atoms with van der Waals surface area (Å²) >= 11 is 0. The fourth-order valence-corrected chi connectivity index (χ4v) is 1.99. The lowest BCUT2D eigenvalue weighted by molar-refractivity contribution is 0.0973. The molecule has 18 heavy (non-hydrogen) atoms. The van der Waals surface area contributed by atoms with Crippen LogP contribution in [0, 0.1) is 12.8 Å². The van der Waals surface area contributed by atoms with Gasteiger partial charge in [0.05, 0.1) is 18.1 Å². The lowest BCUT2D eigenvalue weighted by Gasteiger charge is -2.08. The number of rotatable bonds is 6. The maximum Gasteiger partial charge on any atom is 0.166 e. The second-order valence-electron chi connectivity index (χ2n) is 4.87. The molecule has 2 rings (SSSR count). The summed E-state index contributed by atoms with van der Waals surface area (Å²) in [6.07, 6.45) is 7.10. The molecular formula is C15H18O3. The van der Waals surface area contributed by atoms with E-state index in [-0.39, 0.29) is 5.78 Å². The van der Waals surface area contributed by atoms with Crippen molar-refractivity contribution in [3.8, 4) is 0 Å². The Morgan fingerprint density at radius 2 is 2.22 bits per heavy atom. The van der Waals surface area contributed by atoms with Crippen LogP contribution < -0.4 is 0 Å². The first-order valence-corrected chi connectivity index (χ1v) is 6.24. The zero-order chi connectivity index (χ0) is 13.0. The molecule has 1 unspecified atom stereocenters. The summed E-state index contributed by atoms with van der Waals surface area (Å²) in [5, 5.41) is 0. The third kappa shape index (κ3) is 3.36. The molecule has 2 heterocycles. The number of carbonyl (C=O) groups is 1. The van der Waals surface area contributed by atoms with E-state index in [0.717, 1.165) is 24.2 Å². The maximum absolute atomic E-state index is 11.8. The maximum atomic E-state index is 11.8. The molecular weight excluding hydrogens is 228 g/mol. The zero-order valence-electron chi connectivity index (χ0n) is 10.8. The second-order valence-corrected chi connectivity index (χ2v) is 4.87. The van der Waals surface area contributed by atoms with E-state index in [0.29, 0.717) is 17.9 Å². The molecule has 0 aliphatic rings. The minimum atomic E-state index is 0.145. The molecule has 0 radical (unpaired) electrons. The molecule has 0 spiro atoms. The van der Waals surface area contributed by atoms with Gasteiger partial charge in [0.25, 0.3) is 0 Å². The first-order chi connectivity index (χ1) is 8.65. The van der Waals surface area contributed by atoms with E-state index in [1.807, 2.05) is 13.0 Å². The van der Waals surface area contributed by atoms with Gasteiger partial charge in [-0.25, -0.2) is 0 Å². The average Bonchev–Trinajstić information content (AvgIpc) is 2.97. The molecule has 0 fully saturated rings. The molecule has 3 nitrogen and oxygen atoms in total. The molecule has 0 bridgehead atoms. The Morgan fingerprint density at radius 3 is 2.83 bits per heavy atom. The van der Waals surface area contributed by atoms with Crippen molar-refractivity contribution in [2.75, 3.05) is 0 Å². The van der Waals surface area contributed by atoms with Crippen LogP contribution in [0.25, 0.3) is 0 Å². The lowest BCUT2D eigenvalue weighted by atomic mass is 9.97. The van der Waals surface area contributed by atoms with Gasteiger partial charge in [-0.1, -0.05) is 6.92 Å². The van der Waals surface area contributed by atoms with Gasteiger partial charge >= 0.3 is 0 Å². The number of ketones is 1.